The highest BCUT2D eigenvalue weighted by Crippen LogP contribution is 2.35. The number of nitrogens with zero attached hydrogens (tertiary/aromatic N) is 3. The molecule has 0 atom stereocenters. The Morgan fingerprint density at radius 3 is 2.33 bits per heavy atom. The van der Waals surface area contributed by atoms with Gasteiger partial charge in [0.15, 0.2) is 16.3 Å². The third-order valence-electron chi connectivity index (χ3n) is 4.59. The number of rotatable bonds is 6. The molecule has 0 bridgehead atoms. The van der Waals surface area contributed by atoms with Gasteiger partial charge in [-0.05, 0) is 44.2 Å². The molecule has 0 amide bonds. The Morgan fingerprint density at radius 1 is 1.03 bits per heavy atom. The summed E-state index contributed by atoms with van der Waals surface area (Å²) < 4.78 is 46.2. The average Bonchev–Trinajstić information content (AvgIpc) is 3.28. The van der Waals surface area contributed by atoms with E-state index < -0.39 is 10.0 Å². The number of benzene rings is 2. The first-order valence-corrected chi connectivity index (χ1v) is 10.5. The van der Waals surface area contributed by atoms with Crippen molar-refractivity contribution in [2.24, 2.45) is 0 Å². The van der Waals surface area contributed by atoms with Crippen molar-refractivity contribution in [1.82, 2.24) is 14.9 Å². The lowest BCUT2D eigenvalue weighted by molar-refractivity contribution is 0.373. The van der Waals surface area contributed by atoms with Crippen molar-refractivity contribution in [1.29, 1.82) is 0 Å². The van der Waals surface area contributed by atoms with Crippen LogP contribution in [0.4, 0.5) is 5.82 Å². The van der Waals surface area contributed by atoms with Gasteiger partial charge in [0.2, 0.25) is 0 Å². The van der Waals surface area contributed by atoms with Gasteiger partial charge in [0.1, 0.15) is 11.5 Å². The SMILES string of the molecule is COc1cccc(OC)c1S(=O)(=O)Nc1noc2cc(-n3nc(C)cc3C)ccc12. The van der Waals surface area contributed by atoms with Crippen molar-refractivity contribution in [3.63, 3.8) is 0 Å². The van der Waals surface area contributed by atoms with Crippen LogP contribution in [-0.2, 0) is 10.0 Å². The maximum absolute atomic E-state index is 13.1. The van der Waals surface area contributed by atoms with Crippen molar-refractivity contribution in [3.8, 4) is 17.2 Å². The number of aromatic nitrogens is 3. The van der Waals surface area contributed by atoms with Crippen LogP contribution in [-0.4, -0.2) is 37.6 Å². The van der Waals surface area contributed by atoms with Crippen LogP contribution in [0.2, 0.25) is 0 Å². The van der Waals surface area contributed by atoms with Crippen molar-refractivity contribution in [3.05, 3.63) is 53.9 Å². The summed E-state index contributed by atoms with van der Waals surface area (Å²) in [7, 11) is -1.29. The van der Waals surface area contributed by atoms with Crippen LogP contribution >= 0.6 is 0 Å². The summed E-state index contributed by atoms with van der Waals surface area (Å²) in [6.45, 7) is 3.86. The number of ether oxygens (including phenoxy) is 2. The van der Waals surface area contributed by atoms with Gasteiger partial charge in [-0.3, -0.25) is 4.72 Å². The molecule has 2 heterocycles. The van der Waals surface area contributed by atoms with Crippen LogP contribution in [0.5, 0.6) is 11.5 Å². The predicted octanol–water partition coefficient (Wildman–Crippen LogP) is 3.45. The first-order valence-electron chi connectivity index (χ1n) is 9.01. The molecule has 0 aliphatic rings. The number of methoxy groups -OCH3 is 2. The molecular formula is C20H20N4O5S. The van der Waals surface area contributed by atoms with Gasteiger partial charge in [-0.15, -0.1) is 0 Å². The fourth-order valence-corrected chi connectivity index (χ4v) is 4.62. The fourth-order valence-electron chi connectivity index (χ4n) is 3.28. The lowest BCUT2D eigenvalue weighted by Crippen LogP contribution is -2.15. The van der Waals surface area contributed by atoms with E-state index in [0.717, 1.165) is 17.1 Å². The van der Waals surface area contributed by atoms with E-state index in [9.17, 15) is 8.42 Å². The standard InChI is InChI=1S/C20H20N4O5S/c1-12-10-13(2)24(21-12)14-8-9-15-18(11-14)29-22-20(15)23-30(25,26)19-16(27-3)6-5-7-17(19)28-4/h5-11H,1-4H3,(H,22,23). The van der Waals surface area contributed by atoms with Gasteiger partial charge in [0, 0.05) is 11.8 Å². The van der Waals surface area contributed by atoms with Gasteiger partial charge in [0.25, 0.3) is 10.0 Å². The van der Waals surface area contributed by atoms with Gasteiger partial charge in [0.05, 0.1) is 31.0 Å². The number of fused-ring (bicyclic) bond motifs is 1. The number of sulfonamides is 1. The van der Waals surface area contributed by atoms with E-state index in [-0.39, 0.29) is 22.2 Å². The van der Waals surface area contributed by atoms with Crippen LogP contribution in [0.15, 0.2) is 51.9 Å². The van der Waals surface area contributed by atoms with Crippen molar-refractivity contribution in [2.75, 3.05) is 18.9 Å². The van der Waals surface area contributed by atoms with Crippen LogP contribution in [0.25, 0.3) is 16.7 Å². The van der Waals surface area contributed by atoms with E-state index in [4.69, 9.17) is 14.0 Å². The summed E-state index contributed by atoms with van der Waals surface area (Å²) >= 11 is 0. The second-order valence-corrected chi connectivity index (χ2v) is 8.27. The lowest BCUT2D eigenvalue weighted by Gasteiger charge is -2.13. The highest BCUT2D eigenvalue weighted by atomic mass is 32.2. The predicted molar refractivity (Wildman–Crippen MR) is 111 cm³/mol. The summed E-state index contributed by atoms with van der Waals surface area (Å²) in [5.41, 5.74) is 3.06. The highest BCUT2D eigenvalue weighted by molar-refractivity contribution is 7.93. The van der Waals surface area contributed by atoms with Crippen LogP contribution < -0.4 is 14.2 Å². The molecule has 9 nitrogen and oxygen atoms in total. The first-order chi connectivity index (χ1) is 14.3. The van der Waals surface area contributed by atoms with E-state index in [1.165, 1.54) is 14.2 Å². The molecule has 0 spiro atoms. The molecule has 4 rings (SSSR count). The zero-order valence-electron chi connectivity index (χ0n) is 16.8. The molecule has 4 aromatic rings. The second kappa shape index (κ2) is 7.38. The molecule has 0 saturated heterocycles. The van der Waals surface area contributed by atoms with Gasteiger partial charge in [-0.25, -0.2) is 13.1 Å². The van der Waals surface area contributed by atoms with Gasteiger partial charge >= 0.3 is 0 Å². The minimum absolute atomic E-state index is 0.0675. The molecule has 10 heteroatoms. The van der Waals surface area contributed by atoms with Crippen molar-refractivity contribution >= 4 is 26.8 Å². The van der Waals surface area contributed by atoms with E-state index in [1.54, 1.807) is 35.0 Å². The van der Waals surface area contributed by atoms with Crippen molar-refractivity contribution in [2.45, 2.75) is 18.7 Å². The van der Waals surface area contributed by atoms with E-state index in [1.807, 2.05) is 26.0 Å². The molecular weight excluding hydrogens is 408 g/mol. The third-order valence-corrected chi connectivity index (χ3v) is 5.99. The molecule has 0 fully saturated rings. The number of hydrogen-bond donors (Lipinski definition) is 1. The van der Waals surface area contributed by atoms with Gasteiger partial charge < -0.3 is 14.0 Å². The van der Waals surface area contributed by atoms with E-state index in [0.29, 0.717) is 11.0 Å². The Morgan fingerprint density at radius 2 is 1.73 bits per heavy atom. The van der Waals surface area contributed by atoms with Gasteiger partial charge in [-0.1, -0.05) is 11.2 Å². The molecule has 0 aliphatic heterocycles. The normalized spacial score (nSPS) is 11.6. The molecule has 2 aromatic carbocycles. The van der Waals surface area contributed by atoms with Gasteiger partial charge in [-0.2, -0.15) is 5.10 Å². The van der Waals surface area contributed by atoms with Crippen LogP contribution in [0.1, 0.15) is 11.4 Å². The quantitative estimate of drug-likeness (QED) is 0.501. The minimum Gasteiger partial charge on any atom is -0.495 e. The fraction of sp³-hybridized carbons (Fsp3) is 0.200. The smallest absolute Gasteiger partial charge is 0.270 e. The van der Waals surface area contributed by atoms with Crippen LogP contribution in [0, 0.1) is 13.8 Å². The average molecular weight is 428 g/mol. The number of nitrogens with one attached hydrogen (secondary N) is 1. The molecule has 0 radical (unpaired) electrons. The number of aryl methyl sites for hydroxylation is 2. The summed E-state index contributed by atoms with van der Waals surface area (Å²) in [4.78, 5) is -0.120. The molecule has 156 valence electrons. The molecule has 1 N–H and O–H groups in total. The topological polar surface area (TPSA) is 108 Å². The van der Waals surface area contributed by atoms with E-state index >= 15 is 0 Å². The maximum atomic E-state index is 13.1. The zero-order chi connectivity index (χ0) is 21.5. The summed E-state index contributed by atoms with van der Waals surface area (Å²) in [5, 5.41) is 8.86. The Kier molecular flexibility index (Phi) is 4.86. The third kappa shape index (κ3) is 3.35. The number of anilines is 1. The minimum atomic E-state index is -4.07. The highest BCUT2D eigenvalue weighted by Gasteiger charge is 2.27. The summed E-state index contributed by atoms with van der Waals surface area (Å²) in [6, 6.07) is 12.0. The second-order valence-electron chi connectivity index (χ2n) is 6.65. The first kappa shape index (κ1) is 19.8. The monoisotopic (exact) mass is 428 g/mol. The lowest BCUT2D eigenvalue weighted by atomic mass is 10.2. The van der Waals surface area contributed by atoms with E-state index in [2.05, 4.69) is 15.0 Å². The molecule has 0 unspecified atom stereocenters. The Bertz CT molecular complexity index is 1320. The molecule has 30 heavy (non-hydrogen) atoms. The molecule has 0 saturated carbocycles. The summed E-state index contributed by atoms with van der Waals surface area (Å²) in [5.74, 6) is 0.376. The Hall–Kier alpha value is -3.53. The summed E-state index contributed by atoms with van der Waals surface area (Å²) in [6.07, 6.45) is 0. The maximum Gasteiger partial charge on any atom is 0.270 e. The van der Waals surface area contributed by atoms with Crippen molar-refractivity contribution < 1.29 is 22.4 Å². The number of hydrogen-bond acceptors (Lipinski definition) is 7. The molecule has 0 aliphatic carbocycles. The largest absolute Gasteiger partial charge is 0.495 e. The molecule has 2 aromatic heterocycles. The zero-order valence-corrected chi connectivity index (χ0v) is 17.6. The van der Waals surface area contributed by atoms with Crippen LogP contribution in [0.3, 0.4) is 0 Å². The Balaban J connectivity index is 1.74. The Labute approximate surface area is 173 Å².